The first kappa shape index (κ1) is 16.8. The van der Waals surface area contributed by atoms with Crippen molar-refractivity contribution in [2.24, 2.45) is 0 Å². The van der Waals surface area contributed by atoms with Crippen LogP contribution in [0.3, 0.4) is 0 Å². The van der Waals surface area contributed by atoms with Crippen LogP contribution in [0, 0.1) is 0 Å². The van der Waals surface area contributed by atoms with Crippen molar-refractivity contribution in [3.63, 3.8) is 0 Å². The molecule has 2 N–H and O–H groups in total. The third kappa shape index (κ3) is 4.67. The lowest BCUT2D eigenvalue weighted by atomic mass is 10.1. The van der Waals surface area contributed by atoms with Crippen LogP contribution in [0.5, 0.6) is 0 Å². The Morgan fingerprint density at radius 2 is 2.05 bits per heavy atom. The van der Waals surface area contributed by atoms with E-state index in [-0.39, 0.29) is 12.1 Å². The van der Waals surface area contributed by atoms with Gasteiger partial charge in [-0.15, -0.1) is 0 Å². The largest absolute Gasteiger partial charge is 0.480 e. The van der Waals surface area contributed by atoms with E-state index in [2.05, 4.69) is 24.2 Å². The van der Waals surface area contributed by atoms with Crippen LogP contribution >= 0.6 is 0 Å². The molecule has 116 valence electrons. The molecule has 0 bridgehead atoms. The van der Waals surface area contributed by atoms with Gasteiger partial charge in [0.2, 0.25) is 0 Å². The summed E-state index contributed by atoms with van der Waals surface area (Å²) >= 11 is 0. The number of likely N-dealkylation sites (N-methyl/N-ethyl adjacent to an activating group) is 1. The maximum atomic E-state index is 12.3. The second-order valence-corrected chi connectivity index (χ2v) is 5.50. The molecule has 0 aliphatic carbocycles. The van der Waals surface area contributed by atoms with Gasteiger partial charge in [-0.3, -0.25) is 0 Å². The average molecular weight is 285 g/mol. The van der Waals surface area contributed by atoms with Crippen LogP contribution in [-0.2, 0) is 4.79 Å². The first-order chi connectivity index (χ1) is 9.49. The predicted octanol–water partition coefficient (Wildman–Crippen LogP) is 1.37. The lowest BCUT2D eigenvalue weighted by Gasteiger charge is -2.31. The van der Waals surface area contributed by atoms with E-state index in [1.807, 2.05) is 6.92 Å². The second-order valence-electron chi connectivity index (χ2n) is 5.50. The Bertz CT molecular complexity index is 336. The summed E-state index contributed by atoms with van der Waals surface area (Å²) in [4.78, 5) is 27.5. The van der Waals surface area contributed by atoms with Gasteiger partial charge in [0.15, 0.2) is 0 Å². The number of urea groups is 1. The van der Waals surface area contributed by atoms with Gasteiger partial charge in [0, 0.05) is 19.1 Å². The molecule has 0 aromatic rings. The van der Waals surface area contributed by atoms with Crippen LogP contribution in [0.4, 0.5) is 4.79 Å². The topological polar surface area (TPSA) is 72.9 Å². The molecule has 1 fully saturated rings. The fourth-order valence-corrected chi connectivity index (χ4v) is 2.64. The Balaban J connectivity index is 2.69. The zero-order valence-electron chi connectivity index (χ0n) is 12.8. The number of carboxylic acids is 1. The van der Waals surface area contributed by atoms with Crippen LogP contribution < -0.4 is 5.32 Å². The van der Waals surface area contributed by atoms with Gasteiger partial charge in [-0.25, -0.2) is 9.59 Å². The zero-order valence-corrected chi connectivity index (χ0v) is 12.8. The van der Waals surface area contributed by atoms with Crippen LogP contribution in [0.15, 0.2) is 0 Å². The minimum atomic E-state index is -0.958. The van der Waals surface area contributed by atoms with Crippen molar-refractivity contribution in [3.8, 4) is 0 Å². The fourth-order valence-electron chi connectivity index (χ4n) is 2.64. The Hall–Kier alpha value is -1.30. The molecule has 0 aromatic carbocycles. The number of rotatable bonds is 5. The van der Waals surface area contributed by atoms with E-state index in [4.69, 9.17) is 5.11 Å². The van der Waals surface area contributed by atoms with Crippen molar-refractivity contribution in [1.29, 1.82) is 0 Å². The predicted molar refractivity (Wildman–Crippen MR) is 77.8 cm³/mol. The van der Waals surface area contributed by atoms with Crippen molar-refractivity contribution in [2.75, 3.05) is 26.7 Å². The number of carboxylic acid groups (broad SMARTS) is 1. The number of nitrogens with zero attached hydrogens (tertiary/aromatic N) is 2. The molecule has 1 heterocycles. The van der Waals surface area contributed by atoms with Gasteiger partial charge in [0.25, 0.3) is 0 Å². The Morgan fingerprint density at radius 3 is 2.60 bits per heavy atom. The van der Waals surface area contributed by atoms with Gasteiger partial charge >= 0.3 is 12.0 Å². The van der Waals surface area contributed by atoms with E-state index < -0.39 is 12.0 Å². The summed E-state index contributed by atoms with van der Waals surface area (Å²) in [5.41, 5.74) is 0. The summed E-state index contributed by atoms with van der Waals surface area (Å²) in [6.07, 6.45) is 3.00. The number of amides is 2. The molecular weight excluding hydrogens is 258 g/mol. The first-order valence-electron chi connectivity index (χ1n) is 7.48. The van der Waals surface area contributed by atoms with E-state index in [0.717, 1.165) is 32.4 Å². The van der Waals surface area contributed by atoms with Crippen LogP contribution in [-0.4, -0.2) is 65.7 Å². The number of aliphatic carboxylic acids is 1. The molecule has 1 saturated heterocycles. The van der Waals surface area contributed by atoms with Gasteiger partial charge in [0.1, 0.15) is 6.04 Å². The normalized spacial score (nSPS) is 22.1. The number of hydrogen-bond acceptors (Lipinski definition) is 3. The summed E-state index contributed by atoms with van der Waals surface area (Å²) in [5, 5.41) is 11.8. The monoisotopic (exact) mass is 285 g/mol. The SMILES string of the molecule is CCCC(NC(=O)N1CCCN(C)CC1CC)C(=O)O. The molecule has 6 heteroatoms. The molecule has 2 atom stereocenters. The highest BCUT2D eigenvalue weighted by Gasteiger charge is 2.28. The van der Waals surface area contributed by atoms with Crippen molar-refractivity contribution >= 4 is 12.0 Å². The molecule has 2 unspecified atom stereocenters. The van der Waals surface area contributed by atoms with E-state index in [0.29, 0.717) is 13.0 Å². The quantitative estimate of drug-likeness (QED) is 0.800. The Labute approximate surface area is 121 Å². The summed E-state index contributed by atoms with van der Waals surface area (Å²) < 4.78 is 0. The molecule has 0 saturated carbocycles. The van der Waals surface area contributed by atoms with Gasteiger partial charge in [-0.05, 0) is 32.9 Å². The maximum Gasteiger partial charge on any atom is 0.326 e. The van der Waals surface area contributed by atoms with E-state index in [1.165, 1.54) is 0 Å². The molecule has 20 heavy (non-hydrogen) atoms. The van der Waals surface area contributed by atoms with Gasteiger partial charge in [-0.1, -0.05) is 20.3 Å². The highest BCUT2D eigenvalue weighted by Crippen LogP contribution is 2.12. The third-order valence-electron chi connectivity index (χ3n) is 3.81. The summed E-state index contributed by atoms with van der Waals surface area (Å²) in [7, 11) is 2.06. The van der Waals surface area contributed by atoms with Crippen LogP contribution in [0.25, 0.3) is 0 Å². The molecule has 1 aliphatic heterocycles. The van der Waals surface area contributed by atoms with E-state index in [1.54, 1.807) is 4.90 Å². The van der Waals surface area contributed by atoms with E-state index >= 15 is 0 Å². The van der Waals surface area contributed by atoms with Gasteiger partial charge < -0.3 is 20.2 Å². The lowest BCUT2D eigenvalue weighted by molar-refractivity contribution is -0.139. The highest BCUT2D eigenvalue weighted by atomic mass is 16.4. The molecular formula is C14H27N3O3. The van der Waals surface area contributed by atoms with Crippen molar-refractivity contribution in [1.82, 2.24) is 15.1 Å². The minimum absolute atomic E-state index is 0.151. The maximum absolute atomic E-state index is 12.3. The van der Waals surface area contributed by atoms with Crippen LogP contribution in [0.2, 0.25) is 0 Å². The number of carbonyl (C=O) groups is 2. The standard InChI is InChI=1S/C14H27N3O3/c1-4-7-12(13(18)19)15-14(20)17-9-6-8-16(3)10-11(17)5-2/h11-12H,4-10H2,1-3H3,(H,15,20)(H,18,19). The summed E-state index contributed by atoms with van der Waals surface area (Å²) in [6.45, 7) is 6.48. The number of hydrogen-bond donors (Lipinski definition) is 2. The van der Waals surface area contributed by atoms with Crippen molar-refractivity contribution in [3.05, 3.63) is 0 Å². The van der Waals surface area contributed by atoms with Gasteiger partial charge in [-0.2, -0.15) is 0 Å². The molecule has 0 aromatic heterocycles. The minimum Gasteiger partial charge on any atom is -0.480 e. The molecule has 6 nitrogen and oxygen atoms in total. The Morgan fingerprint density at radius 1 is 1.35 bits per heavy atom. The fraction of sp³-hybridized carbons (Fsp3) is 0.857. The zero-order chi connectivity index (χ0) is 15.1. The second kappa shape index (κ2) is 8.09. The molecule has 0 radical (unpaired) electrons. The Kier molecular flexibility index (Phi) is 6.78. The van der Waals surface area contributed by atoms with E-state index in [9.17, 15) is 9.59 Å². The first-order valence-corrected chi connectivity index (χ1v) is 7.48. The summed E-state index contributed by atoms with van der Waals surface area (Å²) in [6, 6.07) is -0.877. The number of nitrogens with one attached hydrogen (secondary N) is 1. The molecule has 1 aliphatic rings. The van der Waals surface area contributed by atoms with Crippen molar-refractivity contribution < 1.29 is 14.7 Å². The molecule has 1 rings (SSSR count). The van der Waals surface area contributed by atoms with Crippen molar-refractivity contribution in [2.45, 2.75) is 51.6 Å². The number of carbonyl (C=O) groups excluding carboxylic acids is 1. The average Bonchev–Trinajstić information content (AvgIpc) is 2.59. The van der Waals surface area contributed by atoms with Crippen LogP contribution in [0.1, 0.15) is 39.5 Å². The summed E-state index contributed by atoms with van der Waals surface area (Å²) in [5.74, 6) is -0.958. The molecule has 2 amide bonds. The third-order valence-corrected chi connectivity index (χ3v) is 3.81. The smallest absolute Gasteiger partial charge is 0.326 e. The highest BCUT2D eigenvalue weighted by molar-refractivity contribution is 5.82. The molecule has 0 spiro atoms. The lowest BCUT2D eigenvalue weighted by Crippen LogP contribution is -2.52. The van der Waals surface area contributed by atoms with Gasteiger partial charge in [0.05, 0.1) is 0 Å².